The van der Waals surface area contributed by atoms with Crippen molar-refractivity contribution in [1.82, 2.24) is 0 Å². The molecule has 0 fully saturated rings. The molecule has 0 saturated carbocycles. The van der Waals surface area contributed by atoms with Crippen molar-refractivity contribution >= 4 is 20.0 Å². The topological polar surface area (TPSA) is 97.7 Å². The molecule has 0 bridgehead atoms. The van der Waals surface area contributed by atoms with E-state index in [4.69, 9.17) is 9.29 Å². The van der Waals surface area contributed by atoms with Crippen LogP contribution in [0.1, 0.15) is 5.56 Å². The molecule has 0 aromatic heterocycles. The maximum absolute atomic E-state index is 14.1. The van der Waals surface area contributed by atoms with Gasteiger partial charge in [0.05, 0.1) is 0 Å². The summed E-state index contributed by atoms with van der Waals surface area (Å²) in [6.45, 7) is -0.347. The first-order valence-corrected chi connectivity index (χ1v) is 10.8. The Morgan fingerprint density at radius 1 is 0.812 bits per heavy atom. The smallest absolute Gasteiger partial charge is 0.439 e. The van der Waals surface area contributed by atoms with Gasteiger partial charge in [-0.25, -0.2) is 17.2 Å². The Balaban J connectivity index is 2.51. The SMILES string of the molecule is O=S(=O)(O)C(F)(F)C(F)(F)C(F)(F)S(=O)(=O)c1c(F)cc(OCc2ccccc2)cc1F. The second-order valence-electron chi connectivity index (χ2n) is 6.08. The van der Waals surface area contributed by atoms with Gasteiger partial charge in [0.2, 0.25) is 0 Å². The molecular formula is C16H10F8O6S2. The molecule has 1 N–H and O–H groups in total. The van der Waals surface area contributed by atoms with Crippen LogP contribution in [0.15, 0.2) is 47.4 Å². The maximum atomic E-state index is 14.1. The highest BCUT2D eigenvalue weighted by molar-refractivity contribution is 7.92. The third kappa shape index (κ3) is 4.13. The van der Waals surface area contributed by atoms with Crippen LogP contribution in [0.2, 0.25) is 0 Å². The van der Waals surface area contributed by atoms with Gasteiger partial charge in [-0.2, -0.15) is 34.8 Å². The molecular weight excluding hydrogens is 504 g/mol. The molecule has 178 valence electrons. The van der Waals surface area contributed by atoms with Crippen LogP contribution < -0.4 is 4.74 Å². The van der Waals surface area contributed by atoms with E-state index in [2.05, 4.69) is 0 Å². The van der Waals surface area contributed by atoms with Crippen LogP contribution in [0.4, 0.5) is 35.1 Å². The van der Waals surface area contributed by atoms with E-state index in [1.54, 1.807) is 18.2 Å². The van der Waals surface area contributed by atoms with Gasteiger partial charge in [-0.1, -0.05) is 30.3 Å². The highest BCUT2D eigenvalue weighted by atomic mass is 32.2. The average Bonchev–Trinajstić information content (AvgIpc) is 2.65. The minimum absolute atomic E-state index is 0.00799. The van der Waals surface area contributed by atoms with Gasteiger partial charge in [0.15, 0.2) is 0 Å². The summed E-state index contributed by atoms with van der Waals surface area (Å²) in [5, 5.41) is -14.1. The van der Waals surface area contributed by atoms with Crippen molar-refractivity contribution in [2.24, 2.45) is 0 Å². The summed E-state index contributed by atoms with van der Waals surface area (Å²) in [6, 6.07) is 7.75. The Bertz CT molecular complexity index is 1190. The van der Waals surface area contributed by atoms with E-state index < -0.39 is 58.7 Å². The van der Waals surface area contributed by atoms with Gasteiger partial charge in [-0.3, -0.25) is 4.55 Å². The van der Waals surface area contributed by atoms with E-state index >= 15 is 0 Å². The molecule has 6 nitrogen and oxygen atoms in total. The molecule has 0 aliphatic carbocycles. The molecule has 0 spiro atoms. The quantitative estimate of drug-likeness (QED) is 0.422. The lowest BCUT2D eigenvalue weighted by Gasteiger charge is -2.30. The summed E-state index contributed by atoms with van der Waals surface area (Å²) in [4.78, 5) is -2.75. The molecule has 2 rings (SSSR count). The van der Waals surface area contributed by atoms with E-state index in [1.165, 1.54) is 12.1 Å². The summed E-state index contributed by atoms with van der Waals surface area (Å²) in [6.07, 6.45) is 0. The van der Waals surface area contributed by atoms with Crippen molar-refractivity contribution in [2.45, 2.75) is 27.9 Å². The second kappa shape index (κ2) is 8.15. The van der Waals surface area contributed by atoms with Crippen molar-refractivity contribution in [3.05, 3.63) is 59.7 Å². The predicted molar refractivity (Wildman–Crippen MR) is 90.7 cm³/mol. The summed E-state index contributed by atoms with van der Waals surface area (Å²) >= 11 is 0. The first-order chi connectivity index (χ1) is 14.4. The van der Waals surface area contributed by atoms with Gasteiger partial charge in [0.25, 0.3) is 9.84 Å². The minimum atomic E-state index is -7.34. The molecule has 16 heteroatoms. The third-order valence-electron chi connectivity index (χ3n) is 3.88. The zero-order valence-electron chi connectivity index (χ0n) is 15.1. The number of benzene rings is 2. The van der Waals surface area contributed by atoms with E-state index in [0.29, 0.717) is 5.56 Å². The molecule has 0 radical (unpaired) electrons. The molecule has 2 aromatic rings. The third-order valence-corrected chi connectivity index (χ3v) is 6.64. The summed E-state index contributed by atoms with van der Waals surface area (Å²) in [7, 11) is -14.6. The van der Waals surface area contributed by atoms with Crippen LogP contribution >= 0.6 is 0 Å². The van der Waals surface area contributed by atoms with Crippen molar-refractivity contribution in [3.8, 4) is 5.75 Å². The molecule has 0 heterocycles. The predicted octanol–water partition coefficient (Wildman–Crippen LogP) is 4.03. The van der Waals surface area contributed by atoms with Gasteiger partial charge in [0, 0.05) is 12.1 Å². The second-order valence-corrected chi connectivity index (χ2v) is 9.47. The Morgan fingerprint density at radius 3 is 1.72 bits per heavy atom. The fourth-order valence-corrected chi connectivity index (χ4v) is 4.12. The lowest BCUT2D eigenvalue weighted by Crippen LogP contribution is -2.60. The largest absolute Gasteiger partial charge is 0.489 e. The minimum Gasteiger partial charge on any atom is -0.489 e. The lowest BCUT2D eigenvalue weighted by atomic mass is 10.2. The van der Waals surface area contributed by atoms with Crippen LogP contribution in [0.3, 0.4) is 0 Å². The number of halogens is 8. The standard InChI is InChI=1S/C16H10F8O6S2/c17-11-6-10(30-8-9-4-2-1-3-5-9)7-12(18)13(11)31(25,26)15(21,22)14(19,20)16(23,24)32(27,28)29/h1-7H,8H2,(H,27,28,29). The molecule has 0 aliphatic heterocycles. The van der Waals surface area contributed by atoms with E-state index in [1.807, 2.05) is 0 Å². The van der Waals surface area contributed by atoms with Gasteiger partial charge < -0.3 is 4.74 Å². The molecule has 0 aliphatic rings. The van der Waals surface area contributed by atoms with Crippen LogP contribution in [-0.2, 0) is 26.6 Å². The summed E-state index contributed by atoms with van der Waals surface area (Å²) in [5.74, 6) is -13.0. The monoisotopic (exact) mass is 514 g/mol. The number of hydrogen-bond donors (Lipinski definition) is 1. The molecule has 0 amide bonds. The maximum Gasteiger partial charge on any atom is 0.439 e. The van der Waals surface area contributed by atoms with Crippen LogP contribution in [-0.4, -0.2) is 37.8 Å². The zero-order chi connectivity index (χ0) is 24.8. The van der Waals surface area contributed by atoms with Gasteiger partial charge in [0.1, 0.15) is 28.9 Å². The van der Waals surface area contributed by atoms with Gasteiger partial charge in [-0.05, 0) is 5.56 Å². The van der Waals surface area contributed by atoms with Crippen molar-refractivity contribution in [3.63, 3.8) is 0 Å². The van der Waals surface area contributed by atoms with E-state index in [0.717, 1.165) is 0 Å². The lowest BCUT2D eigenvalue weighted by molar-refractivity contribution is -0.245. The fourth-order valence-electron chi connectivity index (χ4n) is 2.25. The number of alkyl halides is 6. The highest BCUT2D eigenvalue weighted by Crippen LogP contribution is 2.52. The zero-order valence-corrected chi connectivity index (χ0v) is 16.7. The highest BCUT2D eigenvalue weighted by Gasteiger charge is 2.82. The summed E-state index contributed by atoms with van der Waals surface area (Å²) in [5.41, 5.74) is 0.448. The molecule has 2 aromatic carbocycles. The number of rotatable bonds is 8. The number of hydrogen-bond acceptors (Lipinski definition) is 5. The number of ether oxygens (including phenoxy) is 1. The molecule has 0 unspecified atom stereocenters. The first-order valence-electron chi connectivity index (χ1n) is 7.89. The van der Waals surface area contributed by atoms with Crippen LogP contribution in [0.5, 0.6) is 5.75 Å². The fraction of sp³-hybridized carbons (Fsp3) is 0.250. The molecule has 0 atom stereocenters. The average molecular weight is 514 g/mol. The van der Waals surface area contributed by atoms with Crippen LogP contribution in [0.25, 0.3) is 0 Å². The van der Waals surface area contributed by atoms with Gasteiger partial charge in [-0.15, -0.1) is 0 Å². The number of sulfone groups is 1. The van der Waals surface area contributed by atoms with Crippen molar-refractivity contribution in [1.29, 1.82) is 0 Å². The van der Waals surface area contributed by atoms with Crippen LogP contribution in [0, 0.1) is 11.6 Å². The Morgan fingerprint density at radius 2 is 1.28 bits per heavy atom. The first kappa shape index (κ1) is 25.8. The summed E-state index contributed by atoms with van der Waals surface area (Å²) < 4.78 is 168. The van der Waals surface area contributed by atoms with Gasteiger partial charge >= 0.3 is 26.5 Å². The Labute approximate surface area is 175 Å². The van der Waals surface area contributed by atoms with E-state index in [9.17, 15) is 52.0 Å². The molecule has 32 heavy (non-hydrogen) atoms. The van der Waals surface area contributed by atoms with Crippen molar-refractivity contribution < 1.29 is 61.2 Å². The Hall–Kier alpha value is -2.46. The Kier molecular flexibility index (Phi) is 6.57. The molecule has 0 saturated heterocycles. The van der Waals surface area contributed by atoms with E-state index in [-0.39, 0.29) is 18.7 Å². The normalized spacial score (nSPS) is 13.8. The van der Waals surface area contributed by atoms with Crippen molar-refractivity contribution in [2.75, 3.05) is 0 Å².